The van der Waals surface area contributed by atoms with Gasteiger partial charge in [0.05, 0.1) is 12.7 Å². The fraction of sp³-hybridized carbons (Fsp3) is 0.579. The predicted molar refractivity (Wildman–Crippen MR) is 97.7 cm³/mol. The van der Waals surface area contributed by atoms with Crippen LogP contribution >= 0.6 is 15.9 Å². The Morgan fingerprint density at radius 1 is 1.20 bits per heavy atom. The summed E-state index contributed by atoms with van der Waals surface area (Å²) in [5.74, 6) is 0.595. The third-order valence-corrected chi connectivity index (χ3v) is 5.98. The van der Waals surface area contributed by atoms with E-state index in [0.29, 0.717) is 27.7 Å². The van der Waals surface area contributed by atoms with Crippen LogP contribution in [-0.2, 0) is 9.53 Å². The molecule has 0 radical (unpaired) electrons. The molecule has 1 aromatic rings. The largest absolute Gasteiger partial charge is 0.497 e. The van der Waals surface area contributed by atoms with Gasteiger partial charge in [0.15, 0.2) is 6.61 Å². The van der Waals surface area contributed by atoms with Gasteiger partial charge in [0.25, 0.3) is 5.91 Å². The van der Waals surface area contributed by atoms with Crippen LogP contribution < -0.4 is 4.74 Å². The Hall–Kier alpha value is -1.56. The number of carbonyl (C=O) groups excluding carboxylic acids is 2. The average Bonchev–Trinajstić information content (AvgIpc) is 2.65. The van der Waals surface area contributed by atoms with Gasteiger partial charge in [-0.2, -0.15) is 0 Å². The highest BCUT2D eigenvalue weighted by atomic mass is 79.9. The van der Waals surface area contributed by atoms with Gasteiger partial charge in [0.1, 0.15) is 5.75 Å². The lowest BCUT2D eigenvalue weighted by Crippen LogP contribution is -2.50. The van der Waals surface area contributed by atoms with Gasteiger partial charge < -0.3 is 14.4 Å². The maximum absolute atomic E-state index is 12.6. The molecule has 1 saturated heterocycles. The minimum atomic E-state index is -0.517. The fourth-order valence-electron chi connectivity index (χ4n) is 4.01. The van der Waals surface area contributed by atoms with Crippen LogP contribution in [-0.4, -0.2) is 43.1 Å². The molecule has 1 saturated carbocycles. The molecule has 0 aromatic heterocycles. The molecule has 2 atom stereocenters. The van der Waals surface area contributed by atoms with E-state index < -0.39 is 5.97 Å². The Balaban J connectivity index is 1.61. The van der Waals surface area contributed by atoms with Crippen molar-refractivity contribution in [1.29, 1.82) is 0 Å². The monoisotopic (exact) mass is 409 g/mol. The predicted octanol–water partition coefficient (Wildman–Crippen LogP) is 3.80. The summed E-state index contributed by atoms with van der Waals surface area (Å²) in [6.45, 7) is 0.576. The van der Waals surface area contributed by atoms with Gasteiger partial charge in [-0.3, -0.25) is 4.79 Å². The average molecular weight is 410 g/mol. The number of likely N-dealkylation sites (tertiary alicyclic amines) is 1. The zero-order valence-corrected chi connectivity index (χ0v) is 16.1. The summed E-state index contributed by atoms with van der Waals surface area (Å²) in [6.07, 6.45) is 6.99. The van der Waals surface area contributed by atoms with E-state index in [0.717, 1.165) is 19.4 Å². The molecule has 1 amide bonds. The number of hydrogen-bond acceptors (Lipinski definition) is 4. The third kappa shape index (κ3) is 4.17. The van der Waals surface area contributed by atoms with Gasteiger partial charge in [-0.05, 0) is 65.7 Å². The summed E-state index contributed by atoms with van der Waals surface area (Å²) in [5, 5.41) is 0. The van der Waals surface area contributed by atoms with Crippen LogP contribution in [0.4, 0.5) is 0 Å². The zero-order valence-electron chi connectivity index (χ0n) is 14.5. The van der Waals surface area contributed by atoms with Crippen LogP contribution in [0, 0.1) is 5.92 Å². The van der Waals surface area contributed by atoms with Crippen LogP contribution in [0.25, 0.3) is 0 Å². The molecule has 0 unspecified atom stereocenters. The second-order valence-corrected chi connectivity index (χ2v) is 7.62. The standard InChI is InChI=1S/C19H24BrNO4/c1-24-14-8-9-16(20)15(11-14)19(23)25-12-18(22)21-10-4-6-13-5-2-3-7-17(13)21/h8-9,11,13,17H,2-7,10,12H2,1H3/t13-,17-/m0/s1. The van der Waals surface area contributed by atoms with E-state index in [1.807, 2.05) is 4.90 Å². The molecule has 3 rings (SSSR count). The smallest absolute Gasteiger partial charge is 0.339 e. The molecule has 1 aliphatic carbocycles. The van der Waals surface area contributed by atoms with Crippen molar-refractivity contribution in [2.24, 2.45) is 5.92 Å². The number of carbonyl (C=O) groups is 2. The van der Waals surface area contributed by atoms with E-state index in [2.05, 4.69) is 15.9 Å². The van der Waals surface area contributed by atoms with Crippen molar-refractivity contribution >= 4 is 27.8 Å². The number of rotatable bonds is 4. The van der Waals surface area contributed by atoms with Crippen LogP contribution in [0.3, 0.4) is 0 Å². The second-order valence-electron chi connectivity index (χ2n) is 6.76. The van der Waals surface area contributed by atoms with Crippen molar-refractivity contribution in [3.63, 3.8) is 0 Å². The van der Waals surface area contributed by atoms with Crippen LogP contribution in [0.5, 0.6) is 5.75 Å². The Morgan fingerprint density at radius 3 is 2.76 bits per heavy atom. The molecule has 25 heavy (non-hydrogen) atoms. The first kappa shape index (κ1) is 18.2. The van der Waals surface area contributed by atoms with Crippen molar-refractivity contribution in [2.45, 2.75) is 44.6 Å². The summed E-state index contributed by atoms with van der Waals surface area (Å²) in [6, 6.07) is 5.42. The number of benzene rings is 1. The van der Waals surface area contributed by atoms with Gasteiger partial charge >= 0.3 is 5.97 Å². The molecular formula is C19H24BrNO4. The molecule has 0 N–H and O–H groups in total. The summed E-state index contributed by atoms with van der Waals surface area (Å²) in [7, 11) is 1.54. The molecule has 6 heteroatoms. The first-order chi connectivity index (χ1) is 12.1. The number of hydrogen-bond donors (Lipinski definition) is 0. The molecule has 1 heterocycles. The second kappa shape index (κ2) is 8.21. The maximum Gasteiger partial charge on any atom is 0.339 e. The van der Waals surface area contributed by atoms with Gasteiger partial charge in [0.2, 0.25) is 0 Å². The molecule has 2 fully saturated rings. The summed E-state index contributed by atoms with van der Waals surface area (Å²) >= 11 is 3.34. The number of nitrogens with zero attached hydrogens (tertiary/aromatic N) is 1. The third-order valence-electron chi connectivity index (χ3n) is 5.28. The molecule has 2 aliphatic rings. The lowest BCUT2D eigenvalue weighted by Gasteiger charge is -2.44. The number of ether oxygens (including phenoxy) is 2. The molecule has 1 aliphatic heterocycles. The Kier molecular flexibility index (Phi) is 5.99. The first-order valence-electron chi connectivity index (χ1n) is 8.90. The molecule has 1 aromatic carbocycles. The maximum atomic E-state index is 12.6. The topological polar surface area (TPSA) is 55.8 Å². The van der Waals surface area contributed by atoms with E-state index in [-0.39, 0.29) is 12.5 Å². The highest BCUT2D eigenvalue weighted by Gasteiger charge is 2.35. The van der Waals surface area contributed by atoms with Crippen LogP contribution in [0.1, 0.15) is 48.9 Å². The van der Waals surface area contributed by atoms with E-state index in [1.54, 1.807) is 25.3 Å². The minimum Gasteiger partial charge on any atom is -0.497 e. The Labute approximate surface area is 156 Å². The highest BCUT2D eigenvalue weighted by molar-refractivity contribution is 9.10. The molecule has 5 nitrogen and oxygen atoms in total. The lowest BCUT2D eigenvalue weighted by molar-refractivity contribution is -0.140. The van der Waals surface area contributed by atoms with Crippen molar-refractivity contribution < 1.29 is 19.1 Å². The quantitative estimate of drug-likeness (QED) is 0.709. The first-order valence-corrected chi connectivity index (χ1v) is 9.69. The van der Waals surface area contributed by atoms with Gasteiger partial charge in [-0.25, -0.2) is 4.79 Å². The molecule has 0 spiro atoms. The molecular weight excluding hydrogens is 386 g/mol. The number of esters is 1. The number of amides is 1. The fourth-order valence-corrected chi connectivity index (χ4v) is 4.42. The van der Waals surface area contributed by atoms with E-state index >= 15 is 0 Å². The summed E-state index contributed by atoms with van der Waals surface area (Å²) in [4.78, 5) is 26.9. The van der Waals surface area contributed by atoms with Gasteiger partial charge in [-0.1, -0.05) is 12.8 Å². The van der Waals surface area contributed by atoms with E-state index in [9.17, 15) is 9.59 Å². The Bertz CT molecular complexity index is 646. The van der Waals surface area contributed by atoms with E-state index in [4.69, 9.17) is 9.47 Å². The van der Waals surface area contributed by atoms with Crippen molar-refractivity contribution in [2.75, 3.05) is 20.3 Å². The zero-order chi connectivity index (χ0) is 17.8. The number of methoxy groups -OCH3 is 1. The Morgan fingerprint density at radius 2 is 1.96 bits per heavy atom. The normalized spacial score (nSPS) is 22.9. The van der Waals surface area contributed by atoms with Crippen molar-refractivity contribution in [3.05, 3.63) is 28.2 Å². The van der Waals surface area contributed by atoms with Crippen molar-refractivity contribution in [1.82, 2.24) is 4.90 Å². The summed E-state index contributed by atoms with van der Waals surface area (Å²) < 4.78 is 11.0. The number of halogens is 1. The lowest BCUT2D eigenvalue weighted by atomic mass is 9.78. The van der Waals surface area contributed by atoms with E-state index in [1.165, 1.54) is 25.7 Å². The number of fused-ring (bicyclic) bond motifs is 1. The number of piperidine rings is 1. The highest BCUT2D eigenvalue weighted by Crippen LogP contribution is 2.35. The van der Waals surface area contributed by atoms with Gasteiger partial charge in [-0.15, -0.1) is 0 Å². The molecule has 136 valence electrons. The van der Waals surface area contributed by atoms with Crippen molar-refractivity contribution in [3.8, 4) is 5.75 Å². The van der Waals surface area contributed by atoms with Crippen LogP contribution in [0.2, 0.25) is 0 Å². The van der Waals surface area contributed by atoms with Crippen LogP contribution in [0.15, 0.2) is 22.7 Å². The summed E-state index contributed by atoms with van der Waals surface area (Å²) in [5.41, 5.74) is 0.362. The minimum absolute atomic E-state index is 0.0797. The SMILES string of the molecule is COc1ccc(Br)c(C(=O)OCC(=O)N2CCC[C@@H]3CCCC[C@@H]32)c1. The van der Waals surface area contributed by atoms with Gasteiger partial charge in [0, 0.05) is 17.1 Å². The molecule has 0 bridgehead atoms.